The SMILES string of the molecule is CC(=O)/C=C(/C)c1cc2ccccc2oc1=O. The predicted molar refractivity (Wildman–Crippen MR) is 66.8 cm³/mol. The van der Waals surface area contributed by atoms with Gasteiger partial charge in [-0.25, -0.2) is 4.79 Å². The lowest BCUT2D eigenvalue weighted by molar-refractivity contribution is -0.112. The number of allylic oxidation sites excluding steroid dienone is 2. The van der Waals surface area contributed by atoms with E-state index in [1.165, 1.54) is 13.0 Å². The average Bonchev–Trinajstić information content (AvgIpc) is 2.27. The molecule has 0 radical (unpaired) electrons. The van der Waals surface area contributed by atoms with Crippen LogP contribution in [0.1, 0.15) is 19.4 Å². The molecule has 0 aliphatic carbocycles. The Labute approximate surface area is 98.4 Å². The minimum atomic E-state index is -0.418. The first-order valence-corrected chi connectivity index (χ1v) is 5.30. The summed E-state index contributed by atoms with van der Waals surface area (Å²) in [4.78, 5) is 22.7. The van der Waals surface area contributed by atoms with Crippen LogP contribution in [-0.4, -0.2) is 5.78 Å². The van der Waals surface area contributed by atoms with Crippen molar-refractivity contribution in [3.05, 3.63) is 52.4 Å². The van der Waals surface area contributed by atoms with Crippen molar-refractivity contribution in [2.45, 2.75) is 13.8 Å². The monoisotopic (exact) mass is 228 g/mol. The molecular formula is C14H12O3. The van der Waals surface area contributed by atoms with Crippen LogP contribution in [0.15, 0.2) is 45.6 Å². The highest BCUT2D eigenvalue weighted by atomic mass is 16.4. The van der Waals surface area contributed by atoms with Crippen LogP contribution >= 0.6 is 0 Å². The van der Waals surface area contributed by atoms with Crippen molar-refractivity contribution in [3.63, 3.8) is 0 Å². The molecule has 1 aromatic heterocycles. The predicted octanol–water partition coefficient (Wildman–Crippen LogP) is 2.79. The van der Waals surface area contributed by atoms with Gasteiger partial charge in [-0.3, -0.25) is 4.79 Å². The molecule has 1 aromatic carbocycles. The summed E-state index contributed by atoms with van der Waals surface area (Å²) in [6.45, 7) is 3.18. The molecule has 3 heteroatoms. The standard InChI is InChI=1S/C14H12O3/c1-9(7-10(2)15)12-8-11-5-3-4-6-13(11)17-14(12)16/h3-8H,1-2H3/b9-7-. The Morgan fingerprint density at radius 2 is 1.94 bits per heavy atom. The molecule has 0 amide bonds. The van der Waals surface area contributed by atoms with Crippen molar-refractivity contribution in [1.82, 2.24) is 0 Å². The normalized spacial score (nSPS) is 11.8. The van der Waals surface area contributed by atoms with Gasteiger partial charge in [0.2, 0.25) is 0 Å². The Kier molecular flexibility index (Phi) is 2.91. The van der Waals surface area contributed by atoms with Gasteiger partial charge in [-0.1, -0.05) is 18.2 Å². The van der Waals surface area contributed by atoms with Crippen LogP contribution in [0.3, 0.4) is 0 Å². The molecule has 86 valence electrons. The van der Waals surface area contributed by atoms with Crippen molar-refractivity contribution >= 4 is 22.3 Å². The first-order valence-electron chi connectivity index (χ1n) is 5.30. The fraction of sp³-hybridized carbons (Fsp3) is 0.143. The van der Waals surface area contributed by atoms with Crippen LogP contribution in [0.2, 0.25) is 0 Å². The molecule has 0 unspecified atom stereocenters. The second kappa shape index (κ2) is 4.37. The van der Waals surface area contributed by atoms with Crippen molar-refractivity contribution in [1.29, 1.82) is 0 Å². The van der Waals surface area contributed by atoms with Crippen LogP contribution in [-0.2, 0) is 4.79 Å². The van der Waals surface area contributed by atoms with E-state index < -0.39 is 5.63 Å². The van der Waals surface area contributed by atoms with Gasteiger partial charge in [0.25, 0.3) is 0 Å². The van der Waals surface area contributed by atoms with E-state index in [1.807, 2.05) is 18.2 Å². The van der Waals surface area contributed by atoms with Gasteiger partial charge in [0, 0.05) is 5.39 Å². The van der Waals surface area contributed by atoms with Gasteiger partial charge < -0.3 is 4.42 Å². The Morgan fingerprint density at radius 1 is 1.24 bits per heavy atom. The molecule has 17 heavy (non-hydrogen) atoms. The molecule has 2 rings (SSSR count). The van der Waals surface area contributed by atoms with Gasteiger partial charge in [0.15, 0.2) is 5.78 Å². The quantitative estimate of drug-likeness (QED) is 0.586. The summed E-state index contributed by atoms with van der Waals surface area (Å²) in [5, 5.41) is 0.846. The lowest BCUT2D eigenvalue weighted by Gasteiger charge is -2.01. The summed E-state index contributed by atoms with van der Waals surface area (Å²) >= 11 is 0. The zero-order valence-corrected chi connectivity index (χ0v) is 9.69. The minimum Gasteiger partial charge on any atom is -0.422 e. The summed E-state index contributed by atoms with van der Waals surface area (Å²) in [6.07, 6.45) is 1.43. The third-order valence-electron chi connectivity index (χ3n) is 2.49. The number of ketones is 1. The first kappa shape index (κ1) is 11.3. The lowest BCUT2D eigenvalue weighted by atomic mass is 10.1. The third-order valence-corrected chi connectivity index (χ3v) is 2.49. The van der Waals surface area contributed by atoms with E-state index in [4.69, 9.17) is 4.42 Å². The Hall–Kier alpha value is -2.16. The largest absolute Gasteiger partial charge is 0.422 e. The maximum Gasteiger partial charge on any atom is 0.343 e. The van der Waals surface area contributed by atoms with Crippen LogP contribution in [0.5, 0.6) is 0 Å². The molecule has 0 atom stereocenters. The molecular weight excluding hydrogens is 216 g/mol. The van der Waals surface area contributed by atoms with Crippen LogP contribution < -0.4 is 5.63 Å². The van der Waals surface area contributed by atoms with Gasteiger partial charge >= 0.3 is 5.63 Å². The molecule has 1 heterocycles. The number of benzene rings is 1. The molecule has 0 aliphatic rings. The topological polar surface area (TPSA) is 47.3 Å². The zero-order chi connectivity index (χ0) is 12.4. The molecule has 0 aliphatic heterocycles. The molecule has 0 spiro atoms. The van der Waals surface area contributed by atoms with E-state index in [-0.39, 0.29) is 5.78 Å². The third kappa shape index (κ3) is 2.33. The van der Waals surface area contributed by atoms with Gasteiger partial charge in [-0.2, -0.15) is 0 Å². The van der Waals surface area contributed by atoms with Crippen molar-refractivity contribution in [2.24, 2.45) is 0 Å². The maximum absolute atomic E-state index is 11.7. The summed E-state index contributed by atoms with van der Waals surface area (Å²) in [5.74, 6) is -0.0879. The number of rotatable bonds is 2. The molecule has 3 nitrogen and oxygen atoms in total. The average molecular weight is 228 g/mol. The molecule has 0 saturated heterocycles. The van der Waals surface area contributed by atoms with Crippen molar-refractivity contribution in [3.8, 4) is 0 Å². The number of hydrogen-bond acceptors (Lipinski definition) is 3. The van der Waals surface area contributed by atoms with E-state index in [9.17, 15) is 9.59 Å². The Morgan fingerprint density at radius 3 is 2.65 bits per heavy atom. The zero-order valence-electron chi connectivity index (χ0n) is 9.69. The van der Waals surface area contributed by atoms with Crippen LogP contribution in [0.25, 0.3) is 16.5 Å². The number of carbonyl (C=O) groups excluding carboxylic acids is 1. The lowest BCUT2D eigenvalue weighted by Crippen LogP contribution is -2.05. The van der Waals surface area contributed by atoms with Gasteiger partial charge in [0.1, 0.15) is 5.58 Å². The second-order valence-electron chi connectivity index (χ2n) is 3.92. The second-order valence-corrected chi connectivity index (χ2v) is 3.92. The Bertz CT molecular complexity index is 662. The summed E-state index contributed by atoms with van der Waals surface area (Å²) < 4.78 is 5.19. The van der Waals surface area contributed by atoms with Gasteiger partial charge in [-0.15, -0.1) is 0 Å². The highest BCUT2D eigenvalue weighted by molar-refractivity contribution is 5.95. The Balaban J connectivity index is 2.67. The number of para-hydroxylation sites is 1. The molecule has 0 N–H and O–H groups in total. The first-order chi connectivity index (χ1) is 8.08. The van der Waals surface area contributed by atoms with Crippen LogP contribution in [0, 0.1) is 0 Å². The fourth-order valence-corrected chi connectivity index (χ4v) is 1.72. The maximum atomic E-state index is 11.7. The fourth-order valence-electron chi connectivity index (χ4n) is 1.72. The van der Waals surface area contributed by atoms with E-state index in [2.05, 4.69) is 0 Å². The molecule has 0 saturated carbocycles. The molecule has 2 aromatic rings. The number of hydrogen-bond donors (Lipinski definition) is 0. The van der Waals surface area contributed by atoms with Gasteiger partial charge in [0.05, 0.1) is 5.56 Å². The summed E-state index contributed by atoms with van der Waals surface area (Å²) in [7, 11) is 0. The highest BCUT2D eigenvalue weighted by Gasteiger charge is 2.06. The van der Waals surface area contributed by atoms with Crippen molar-refractivity contribution < 1.29 is 9.21 Å². The minimum absolute atomic E-state index is 0.0879. The van der Waals surface area contributed by atoms with Gasteiger partial charge in [-0.05, 0) is 37.6 Å². The van der Waals surface area contributed by atoms with Crippen molar-refractivity contribution in [2.75, 3.05) is 0 Å². The van der Waals surface area contributed by atoms with Crippen LogP contribution in [0.4, 0.5) is 0 Å². The number of fused-ring (bicyclic) bond motifs is 1. The number of carbonyl (C=O) groups is 1. The highest BCUT2D eigenvalue weighted by Crippen LogP contribution is 2.17. The van der Waals surface area contributed by atoms with E-state index in [0.717, 1.165) is 5.39 Å². The summed E-state index contributed by atoms with van der Waals surface area (Å²) in [5.41, 5.74) is 1.19. The summed E-state index contributed by atoms with van der Waals surface area (Å²) in [6, 6.07) is 9.03. The smallest absolute Gasteiger partial charge is 0.343 e. The van der Waals surface area contributed by atoms with E-state index >= 15 is 0 Å². The molecule has 0 bridgehead atoms. The van der Waals surface area contributed by atoms with E-state index in [0.29, 0.717) is 16.7 Å². The molecule has 0 fully saturated rings. The van der Waals surface area contributed by atoms with E-state index in [1.54, 1.807) is 19.1 Å².